The third-order valence-corrected chi connectivity index (χ3v) is 4.25. The average molecular weight is 355 g/mol. The summed E-state index contributed by atoms with van der Waals surface area (Å²) in [6, 6.07) is 17.5. The molecule has 5 heteroatoms. The quantitative estimate of drug-likeness (QED) is 0.673. The van der Waals surface area contributed by atoms with Gasteiger partial charge in [-0.05, 0) is 29.7 Å². The van der Waals surface area contributed by atoms with E-state index in [1.807, 2.05) is 61.5 Å². The van der Waals surface area contributed by atoms with E-state index in [1.165, 1.54) is 0 Å². The molecular weight excluding hydrogens is 336 g/mol. The van der Waals surface area contributed by atoms with Gasteiger partial charge in [0.05, 0.1) is 12.1 Å². The van der Waals surface area contributed by atoms with Crippen LogP contribution in [0.5, 0.6) is 0 Å². The predicted octanol–water partition coefficient (Wildman–Crippen LogP) is 5.05. The first-order valence-electron chi connectivity index (χ1n) is 8.20. The number of amides is 1. The first-order valence-corrected chi connectivity index (χ1v) is 8.58. The summed E-state index contributed by atoms with van der Waals surface area (Å²) in [6.45, 7) is 1.98. The molecular formula is C20H19ClN2O2. The van der Waals surface area contributed by atoms with Crippen LogP contribution < -0.4 is 5.32 Å². The maximum atomic E-state index is 12.5. The number of carbonyl (C=O) groups is 1. The molecule has 1 atom stereocenters. The largest absolute Gasteiger partial charge is 0.428 e. The summed E-state index contributed by atoms with van der Waals surface area (Å²) in [7, 11) is 0. The molecule has 0 saturated carbocycles. The van der Waals surface area contributed by atoms with E-state index in [4.69, 9.17) is 16.0 Å². The van der Waals surface area contributed by atoms with Crippen molar-refractivity contribution in [3.05, 3.63) is 82.7 Å². The summed E-state index contributed by atoms with van der Waals surface area (Å²) in [5.41, 5.74) is 2.05. The van der Waals surface area contributed by atoms with Gasteiger partial charge in [0.1, 0.15) is 5.76 Å². The number of hydrogen-bond donors (Lipinski definition) is 1. The minimum atomic E-state index is -0.229. The molecule has 1 N–H and O–H groups in total. The second kappa shape index (κ2) is 7.99. The van der Waals surface area contributed by atoms with Crippen molar-refractivity contribution in [2.24, 2.45) is 0 Å². The van der Waals surface area contributed by atoms with Crippen molar-refractivity contribution in [2.45, 2.75) is 25.7 Å². The summed E-state index contributed by atoms with van der Waals surface area (Å²) in [5, 5.41) is 3.46. The van der Waals surface area contributed by atoms with Gasteiger partial charge in [-0.2, -0.15) is 0 Å². The molecule has 1 heterocycles. The fraction of sp³-hybridized carbons (Fsp3) is 0.200. The molecule has 0 aliphatic rings. The summed E-state index contributed by atoms with van der Waals surface area (Å²) < 4.78 is 5.64. The Hall–Kier alpha value is -2.59. The lowest BCUT2D eigenvalue weighted by Crippen LogP contribution is -2.20. The van der Waals surface area contributed by atoms with Crippen molar-refractivity contribution in [3.8, 4) is 0 Å². The van der Waals surface area contributed by atoms with Crippen LogP contribution >= 0.6 is 11.6 Å². The normalized spacial score (nSPS) is 11.9. The van der Waals surface area contributed by atoms with Crippen LogP contribution in [0.2, 0.25) is 5.02 Å². The van der Waals surface area contributed by atoms with Crippen molar-refractivity contribution in [2.75, 3.05) is 5.32 Å². The molecule has 25 heavy (non-hydrogen) atoms. The van der Waals surface area contributed by atoms with E-state index in [0.717, 1.165) is 11.1 Å². The number of carbonyl (C=O) groups excluding carboxylic acids is 1. The Morgan fingerprint density at radius 1 is 1.16 bits per heavy atom. The molecule has 0 aliphatic heterocycles. The maximum absolute atomic E-state index is 12.5. The lowest BCUT2D eigenvalue weighted by atomic mass is 9.96. The second-order valence-electron chi connectivity index (χ2n) is 5.80. The van der Waals surface area contributed by atoms with Crippen LogP contribution in [0.3, 0.4) is 0 Å². The van der Waals surface area contributed by atoms with Crippen LogP contribution in [0.1, 0.15) is 36.1 Å². The van der Waals surface area contributed by atoms with Gasteiger partial charge in [-0.1, -0.05) is 61.0 Å². The fourth-order valence-electron chi connectivity index (χ4n) is 2.70. The van der Waals surface area contributed by atoms with Gasteiger partial charge in [0.2, 0.25) is 5.91 Å². The van der Waals surface area contributed by atoms with Crippen LogP contribution in [-0.2, 0) is 11.2 Å². The highest BCUT2D eigenvalue weighted by Crippen LogP contribution is 2.22. The Labute approximate surface area is 151 Å². The highest BCUT2D eigenvalue weighted by molar-refractivity contribution is 6.30. The molecule has 3 aromatic rings. The molecule has 0 radical (unpaired) electrons. The van der Waals surface area contributed by atoms with Crippen molar-refractivity contribution in [1.82, 2.24) is 4.98 Å². The zero-order chi connectivity index (χ0) is 17.6. The monoisotopic (exact) mass is 354 g/mol. The van der Waals surface area contributed by atoms with Gasteiger partial charge in [-0.3, -0.25) is 10.1 Å². The Morgan fingerprint density at radius 3 is 2.56 bits per heavy atom. The van der Waals surface area contributed by atoms with Crippen molar-refractivity contribution in [3.63, 3.8) is 0 Å². The lowest BCUT2D eigenvalue weighted by molar-refractivity contribution is -0.117. The highest BCUT2D eigenvalue weighted by Gasteiger charge is 2.20. The van der Waals surface area contributed by atoms with Gasteiger partial charge in [-0.25, -0.2) is 4.98 Å². The molecule has 4 nitrogen and oxygen atoms in total. The van der Waals surface area contributed by atoms with Crippen LogP contribution in [0.15, 0.2) is 65.2 Å². The number of nitrogens with zero attached hydrogens (tertiary/aromatic N) is 1. The molecule has 0 aliphatic carbocycles. The summed E-state index contributed by atoms with van der Waals surface area (Å²) in [4.78, 5) is 16.7. The van der Waals surface area contributed by atoms with Crippen LogP contribution in [-0.4, -0.2) is 10.9 Å². The van der Waals surface area contributed by atoms with Crippen molar-refractivity contribution < 1.29 is 9.21 Å². The number of oxazole rings is 1. The molecule has 0 fully saturated rings. The minimum absolute atomic E-state index is 0.117. The third kappa shape index (κ3) is 4.48. The van der Waals surface area contributed by atoms with E-state index in [0.29, 0.717) is 23.6 Å². The topological polar surface area (TPSA) is 55.1 Å². The number of rotatable bonds is 6. The summed E-state index contributed by atoms with van der Waals surface area (Å²) in [6.07, 6.45) is 2.93. The third-order valence-electron chi connectivity index (χ3n) is 4.00. The number of benzene rings is 2. The number of hydrogen-bond acceptors (Lipinski definition) is 3. The molecule has 0 bridgehead atoms. The Kier molecular flexibility index (Phi) is 5.51. The zero-order valence-electron chi connectivity index (χ0n) is 13.9. The minimum Gasteiger partial charge on any atom is -0.428 e. The molecule has 0 spiro atoms. The van der Waals surface area contributed by atoms with Crippen LogP contribution in [0, 0.1) is 0 Å². The molecule has 2 aromatic carbocycles. The van der Waals surface area contributed by atoms with E-state index in [9.17, 15) is 4.79 Å². The van der Waals surface area contributed by atoms with Gasteiger partial charge in [0.25, 0.3) is 0 Å². The molecule has 128 valence electrons. The van der Waals surface area contributed by atoms with E-state index in [-0.39, 0.29) is 17.8 Å². The summed E-state index contributed by atoms with van der Waals surface area (Å²) >= 11 is 5.89. The molecule has 1 amide bonds. The van der Waals surface area contributed by atoms with E-state index < -0.39 is 0 Å². The Bertz CT molecular complexity index is 828. The smallest absolute Gasteiger partial charge is 0.301 e. The maximum Gasteiger partial charge on any atom is 0.301 e. The standard InChI is InChI=1S/C20H19ClN2O2/c1-2-18(15-6-4-3-5-7-15)19(24)23-20-22-13-17(25-20)12-14-8-10-16(21)11-9-14/h3-11,13,18H,2,12H2,1H3,(H,22,23,24). The first kappa shape index (κ1) is 17.2. The fourth-order valence-corrected chi connectivity index (χ4v) is 2.83. The number of aromatic nitrogens is 1. The molecule has 1 aromatic heterocycles. The summed E-state index contributed by atoms with van der Waals surface area (Å²) in [5.74, 6) is 0.340. The number of halogens is 1. The van der Waals surface area contributed by atoms with Gasteiger partial charge >= 0.3 is 6.01 Å². The van der Waals surface area contributed by atoms with Gasteiger partial charge in [0.15, 0.2) is 0 Å². The van der Waals surface area contributed by atoms with Crippen molar-refractivity contribution in [1.29, 1.82) is 0 Å². The van der Waals surface area contributed by atoms with Gasteiger partial charge in [-0.15, -0.1) is 0 Å². The average Bonchev–Trinajstić information content (AvgIpc) is 3.05. The van der Waals surface area contributed by atoms with Crippen LogP contribution in [0.25, 0.3) is 0 Å². The van der Waals surface area contributed by atoms with Crippen molar-refractivity contribution >= 4 is 23.5 Å². The van der Waals surface area contributed by atoms with E-state index in [2.05, 4.69) is 10.3 Å². The van der Waals surface area contributed by atoms with E-state index in [1.54, 1.807) is 6.20 Å². The molecule has 1 unspecified atom stereocenters. The first-order chi connectivity index (χ1) is 12.2. The second-order valence-corrected chi connectivity index (χ2v) is 6.23. The predicted molar refractivity (Wildman–Crippen MR) is 98.9 cm³/mol. The number of anilines is 1. The van der Waals surface area contributed by atoms with E-state index >= 15 is 0 Å². The Morgan fingerprint density at radius 2 is 1.88 bits per heavy atom. The number of nitrogens with one attached hydrogen (secondary N) is 1. The van der Waals surface area contributed by atoms with Gasteiger partial charge in [0, 0.05) is 11.4 Å². The Balaban J connectivity index is 1.66. The molecule has 0 saturated heterocycles. The highest BCUT2D eigenvalue weighted by atomic mass is 35.5. The molecule has 3 rings (SSSR count). The zero-order valence-corrected chi connectivity index (χ0v) is 14.7. The van der Waals surface area contributed by atoms with Gasteiger partial charge < -0.3 is 4.42 Å². The SMILES string of the molecule is CCC(C(=O)Nc1ncc(Cc2ccc(Cl)cc2)o1)c1ccccc1. The van der Waals surface area contributed by atoms with Crippen LogP contribution in [0.4, 0.5) is 6.01 Å². The lowest BCUT2D eigenvalue weighted by Gasteiger charge is -2.13.